The summed E-state index contributed by atoms with van der Waals surface area (Å²) >= 11 is 1.74. The number of urea groups is 1. The van der Waals surface area contributed by atoms with Gasteiger partial charge in [-0.25, -0.2) is 9.78 Å². The number of carbonyl (C=O) groups is 1. The molecule has 2 amide bonds. The molecule has 0 aliphatic carbocycles. The van der Waals surface area contributed by atoms with Crippen LogP contribution in [-0.2, 0) is 0 Å². The molecule has 1 N–H and O–H groups in total. The molecule has 1 unspecified atom stereocenters. The first kappa shape index (κ1) is 21.9. The number of nitrogens with zero attached hydrogens (tertiary/aromatic N) is 4. The lowest BCUT2D eigenvalue weighted by atomic mass is 10.1. The second-order valence-corrected chi connectivity index (χ2v) is 9.51. The zero-order chi connectivity index (χ0) is 21.8. The SMILES string of the molecule is COc1ccc(C(CNC(=O)N2CCN(c3nc(C)c(C)s3)CC2)N2CCCC2)cc1. The topological polar surface area (TPSA) is 60.9 Å². The Morgan fingerprint density at radius 1 is 1.10 bits per heavy atom. The van der Waals surface area contributed by atoms with E-state index in [-0.39, 0.29) is 12.1 Å². The van der Waals surface area contributed by atoms with Crippen LogP contribution in [0.4, 0.5) is 9.93 Å². The summed E-state index contributed by atoms with van der Waals surface area (Å²) in [5.41, 5.74) is 2.33. The van der Waals surface area contributed by atoms with Gasteiger partial charge in [-0.3, -0.25) is 4.90 Å². The molecule has 0 bridgehead atoms. The number of anilines is 1. The number of amides is 2. The summed E-state index contributed by atoms with van der Waals surface area (Å²) in [6.45, 7) is 10.0. The number of nitrogens with one attached hydrogen (secondary N) is 1. The van der Waals surface area contributed by atoms with Crippen molar-refractivity contribution in [1.29, 1.82) is 0 Å². The van der Waals surface area contributed by atoms with Gasteiger partial charge in [-0.2, -0.15) is 0 Å². The molecule has 0 spiro atoms. The maximum Gasteiger partial charge on any atom is 0.317 e. The minimum Gasteiger partial charge on any atom is -0.497 e. The number of benzene rings is 1. The van der Waals surface area contributed by atoms with E-state index in [2.05, 4.69) is 46.1 Å². The van der Waals surface area contributed by atoms with Crippen LogP contribution in [0.25, 0.3) is 0 Å². The summed E-state index contributed by atoms with van der Waals surface area (Å²) in [5.74, 6) is 0.858. The van der Waals surface area contributed by atoms with Gasteiger partial charge in [0.2, 0.25) is 0 Å². The molecule has 1 atom stereocenters. The molecular weight excluding hydrogens is 410 g/mol. The van der Waals surface area contributed by atoms with Gasteiger partial charge in [-0.1, -0.05) is 12.1 Å². The van der Waals surface area contributed by atoms with E-state index in [9.17, 15) is 4.79 Å². The van der Waals surface area contributed by atoms with Crippen LogP contribution in [-0.4, -0.2) is 73.7 Å². The van der Waals surface area contributed by atoms with Crippen LogP contribution in [0.2, 0.25) is 0 Å². The summed E-state index contributed by atoms with van der Waals surface area (Å²) < 4.78 is 5.30. The number of thiazole rings is 1. The summed E-state index contributed by atoms with van der Waals surface area (Å²) in [7, 11) is 1.68. The molecule has 2 saturated heterocycles. The highest BCUT2D eigenvalue weighted by Crippen LogP contribution is 2.27. The van der Waals surface area contributed by atoms with Gasteiger partial charge in [0.15, 0.2) is 5.13 Å². The van der Waals surface area contributed by atoms with Gasteiger partial charge in [0.1, 0.15) is 5.75 Å². The van der Waals surface area contributed by atoms with Crippen molar-refractivity contribution in [2.24, 2.45) is 0 Å². The van der Waals surface area contributed by atoms with Gasteiger partial charge in [-0.15, -0.1) is 11.3 Å². The molecular formula is C23H33N5O2S. The molecule has 2 aromatic rings. The lowest BCUT2D eigenvalue weighted by Crippen LogP contribution is -2.52. The van der Waals surface area contributed by atoms with Crippen molar-refractivity contribution in [3.63, 3.8) is 0 Å². The van der Waals surface area contributed by atoms with E-state index < -0.39 is 0 Å². The zero-order valence-electron chi connectivity index (χ0n) is 18.8. The van der Waals surface area contributed by atoms with Crippen LogP contribution >= 0.6 is 11.3 Å². The number of piperazine rings is 1. The third-order valence-corrected chi connectivity index (χ3v) is 7.52. The molecule has 8 heteroatoms. The molecule has 3 heterocycles. The predicted molar refractivity (Wildman–Crippen MR) is 125 cm³/mol. The highest BCUT2D eigenvalue weighted by Gasteiger charge is 2.27. The number of aromatic nitrogens is 1. The molecule has 2 fully saturated rings. The minimum absolute atomic E-state index is 0.0314. The fraction of sp³-hybridized carbons (Fsp3) is 0.565. The number of hydrogen-bond donors (Lipinski definition) is 1. The largest absolute Gasteiger partial charge is 0.497 e. The predicted octanol–water partition coefficient (Wildman–Crippen LogP) is 3.44. The smallest absolute Gasteiger partial charge is 0.317 e. The van der Waals surface area contributed by atoms with E-state index in [1.807, 2.05) is 17.0 Å². The van der Waals surface area contributed by atoms with E-state index in [0.29, 0.717) is 6.54 Å². The maximum absolute atomic E-state index is 12.9. The molecule has 0 saturated carbocycles. The van der Waals surface area contributed by atoms with Crippen LogP contribution < -0.4 is 15.0 Å². The van der Waals surface area contributed by atoms with E-state index in [1.54, 1.807) is 18.4 Å². The van der Waals surface area contributed by atoms with Crippen molar-refractivity contribution in [2.75, 3.05) is 57.8 Å². The van der Waals surface area contributed by atoms with Crippen LogP contribution in [0, 0.1) is 13.8 Å². The number of carbonyl (C=O) groups excluding carboxylic acids is 1. The fourth-order valence-corrected chi connectivity index (χ4v) is 5.29. The molecule has 1 aromatic heterocycles. The number of likely N-dealkylation sites (tertiary alicyclic amines) is 1. The summed E-state index contributed by atoms with van der Waals surface area (Å²) in [5, 5.41) is 4.28. The van der Waals surface area contributed by atoms with E-state index in [0.717, 1.165) is 55.8 Å². The number of ether oxygens (including phenoxy) is 1. The van der Waals surface area contributed by atoms with Crippen LogP contribution in [0.15, 0.2) is 24.3 Å². The van der Waals surface area contributed by atoms with Crippen molar-refractivity contribution in [1.82, 2.24) is 20.1 Å². The molecule has 1 aromatic carbocycles. The first-order valence-corrected chi connectivity index (χ1v) is 12.0. The van der Waals surface area contributed by atoms with Gasteiger partial charge >= 0.3 is 6.03 Å². The molecule has 2 aliphatic rings. The Morgan fingerprint density at radius 2 is 1.77 bits per heavy atom. The Kier molecular flexibility index (Phi) is 6.97. The first-order valence-electron chi connectivity index (χ1n) is 11.1. The fourth-order valence-electron chi connectivity index (χ4n) is 4.32. The van der Waals surface area contributed by atoms with Crippen molar-refractivity contribution < 1.29 is 9.53 Å². The van der Waals surface area contributed by atoms with Gasteiger partial charge in [0, 0.05) is 37.6 Å². The molecule has 31 heavy (non-hydrogen) atoms. The molecule has 4 rings (SSSR count). The van der Waals surface area contributed by atoms with Gasteiger partial charge < -0.3 is 19.9 Å². The number of hydrogen-bond acceptors (Lipinski definition) is 6. The van der Waals surface area contributed by atoms with Gasteiger partial charge in [0.25, 0.3) is 0 Å². The molecule has 7 nitrogen and oxygen atoms in total. The van der Waals surface area contributed by atoms with Gasteiger partial charge in [0.05, 0.1) is 18.8 Å². The third-order valence-electron chi connectivity index (χ3n) is 6.38. The quantitative estimate of drug-likeness (QED) is 0.741. The van der Waals surface area contributed by atoms with E-state index in [1.165, 1.54) is 23.3 Å². The Balaban J connectivity index is 1.33. The average molecular weight is 444 g/mol. The molecule has 0 radical (unpaired) electrons. The lowest BCUT2D eigenvalue weighted by Gasteiger charge is -2.35. The number of methoxy groups -OCH3 is 1. The molecule has 168 valence electrons. The Morgan fingerprint density at radius 3 is 2.35 bits per heavy atom. The number of rotatable bonds is 6. The molecule has 2 aliphatic heterocycles. The minimum atomic E-state index is 0.0314. The van der Waals surface area contributed by atoms with Crippen LogP contribution in [0.5, 0.6) is 5.75 Å². The van der Waals surface area contributed by atoms with Crippen molar-refractivity contribution in [3.05, 3.63) is 40.4 Å². The Labute approximate surface area is 189 Å². The van der Waals surface area contributed by atoms with Crippen molar-refractivity contribution in [3.8, 4) is 5.75 Å². The standard InChI is InChI=1S/C23H33N5O2S/c1-17-18(2)31-23(25-17)28-14-12-27(13-15-28)22(29)24-16-21(26-10-4-5-11-26)19-6-8-20(30-3)9-7-19/h6-9,21H,4-5,10-16H2,1-3H3,(H,24,29). The number of aryl methyl sites for hydroxylation is 2. The summed E-state index contributed by atoms with van der Waals surface area (Å²) in [6.07, 6.45) is 2.44. The maximum atomic E-state index is 12.9. The average Bonchev–Trinajstić information content (AvgIpc) is 3.44. The van der Waals surface area contributed by atoms with E-state index in [4.69, 9.17) is 4.74 Å². The van der Waals surface area contributed by atoms with Crippen LogP contribution in [0.3, 0.4) is 0 Å². The van der Waals surface area contributed by atoms with Crippen LogP contribution in [0.1, 0.15) is 35.0 Å². The highest BCUT2D eigenvalue weighted by atomic mass is 32.1. The highest BCUT2D eigenvalue weighted by molar-refractivity contribution is 7.15. The van der Waals surface area contributed by atoms with E-state index >= 15 is 0 Å². The monoisotopic (exact) mass is 443 g/mol. The summed E-state index contributed by atoms with van der Waals surface area (Å²) in [6, 6.07) is 8.46. The van der Waals surface area contributed by atoms with Gasteiger partial charge in [-0.05, 0) is 57.5 Å². The third kappa shape index (κ3) is 5.13. The van der Waals surface area contributed by atoms with Crippen molar-refractivity contribution >= 4 is 22.5 Å². The lowest BCUT2D eigenvalue weighted by molar-refractivity contribution is 0.185. The Bertz CT molecular complexity index is 851. The normalized spacial score (nSPS) is 18.3. The zero-order valence-corrected chi connectivity index (χ0v) is 19.6. The first-order chi connectivity index (χ1) is 15.0. The van der Waals surface area contributed by atoms with Crippen molar-refractivity contribution in [2.45, 2.75) is 32.7 Å². The Hall–Kier alpha value is -2.32. The summed E-state index contributed by atoms with van der Waals surface area (Å²) in [4.78, 5) is 25.5. The second kappa shape index (κ2) is 9.87. The second-order valence-electron chi connectivity index (χ2n) is 8.33.